The van der Waals surface area contributed by atoms with E-state index in [-0.39, 0.29) is 0 Å². The summed E-state index contributed by atoms with van der Waals surface area (Å²) in [7, 11) is 0. The van der Waals surface area contributed by atoms with Crippen LogP contribution >= 0.6 is 27.3 Å². The molecule has 17 heavy (non-hydrogen) atoms. The molecule has 1 aliphatic rings. The van der Waals surface area contributed by atoms with E-state index in [9.17, 15) is 0 Å². The average molecular weight is 316 g/mol. The van der Waals surface area contributed by atoms with Crippen molar-refractivity contribution in [2.45, 2.75) is 52.1 Å². The highest BCUT2D eigenvalue weighted by Gasteiger charge is 2.25. The minimum atomic E-state index is 0.483. The second-order valence-corrected chi connectivity index (χ2v) is 7.38. The molecule has 0 aliphatic heterocycles. The van der Waals surface area contributed by atoms with Gasteiger partial charge in [-0.2, -0.15) is 0 Å². The van der Waals surface area contributed by atoms with Gasteiger partial charge in [0, 0.05) is 26.8 Å². The van der Waals surface area contributed by atoms with Crippen molar-refractivity contribution in [2.75, 3.05) is 0 Å². The van der Waals surface area contributed by atoms with E-state index >= 15 is 0 Å². The second-order valence-electron chi connectivity index (χ2n) is 5.52. The van der Waals surface area contributed by atoms with Crippen molar-refractivity contribution in [3.05, 3.63) is 20.8 Å². The van der Waals surface area contributed by atoms with E-state index in [1.54, 1.807) is 0 Å². The van der Waals surface area contributed by atoms with Gasteiger partial charge < -0.3 is 5.32 Å². The molecular weight excluding hydrogens is 294 g/mol. The minimum absolute atomic E-state index is 0.483. The number of thiophene rings is 1. The highest BCUT2D eigenvalue weighted by molar-refractivity contribution is 9.10. The Morgan fingerprint density at radius 2 is 2.12 bits per heavy atom. The van der Waals surface area contributed by atoms with Crippen molar-refractivity contribution >= 4 is 27.3 Å². The van der Waals surface area contributed by atoms with Crippen LogP contribution < -0.4 is 5.32 Å². The summed E-state index contributed by atoms with van der Waals surface area (Å²) in [6, 6.07) is 3.42. The fourth-order valence-corrected chi connectivity index (χ4v) is 4.15. The number of hydrogen-bond acceptors (Lipinski definition) is 2. The quantitative estimate of drug-likeness (QED) is 0.829. The molecule has 0 spiro atoms. The van der Waals surface area contributed by atoms with Crippen molar-refractivity contribution < 1.29 is 0 Å². The molecule has 1 aromatic rings. The lowest BCUT2D eigenvalue weighted by molar-refractivity contribution is 0.218. The van der Waals surface area contributed by atoms with Crippen molar-refractivity contribution in [3.8, 4) is 0 Å². The largest absolute Gasteiger partial charge is 0.307 e. The van der Waals surface area contributed by atoms with Crippen LogP contribution in [0.1, 0.15) is 51.0 Å². The lowest BCUT2D eigenvalue weighted by Gasteiger charge is -2.34. The lowest BCUT2D eigenvalue weighted by atomic mass is 9.79. The van der Waals surface area contributed by atoms with E-state index in [1.807, 2.05) is 11.3 Å². The molecule has 1 heterocycles. The van der Waals surface area contributed by atoms with Gasteiger partial charge in [-0.1, -0.05) is 13.8 Å². The smallest absolute Gasteiger partial charge is 0.0388 e. The summed E-state index contributed by atoms with van der Waals surface area (Å²) in [6.45, 7) is 7.06. The highest BCUT2D eigenvalue weighted by atomic mass is 79.9. The van der Waals surface area contributed by atoms with Crippen molar-refractivity contribution in [1.29, 1.82) is 0 Å². The van der Waals surface area contributed by atoms with Gasteiger partial charge in [-0.05, 0) is 60.0 Å². The summed E-state index contributed by atoms with van der Waals surface area (Å²) >= 11 is 5.36. The second kappa shape index (κ2) is 5.85. The number of rotatable bonds is 3. The van der Waals surface area contributed by atoms with Gasteiger partial charge in [0.25, 0.3) is 0 Å². The van der Waals surface area contributed by atoms with Crippen LogP contribution in [0.3, 0.4) is 0 Å². The molecule has 4 atom stereocenters. The maximum absolute atomic E-state index is 3.79. The summed E-state index contributed by atoms with van der Waals surface area (Å²) < 4.78 is 1.21. The van der Waals surface area contributed by atoms with Gasteiger partial charge in [0.05, 0.1) is 0 Å². The van der Waals surface area contributed by atoms with Crippen LogP contribution in [0.2, 0.25) is 0 Å². The first-order valence-electron chi connectivity index (χ1n) is 6.56. The third kappa shape index (κ3) is 3.55. The summed E-state index contributed by atoms with van der Waals surface area (Å²) in [5.74, 6) is 1.77. The molecule has 0 radical (unpaired) electrons. The van der Waals surface area contributed by atoms with E-state index in [4.69, 9.17) is 0 Å². The molecular formula is C14H22BrNS. The minimum Gasteiger partial charge on any atom is -0.307 e. The molecule has 0 aromatic carbocycles. The fourth-order valence-electron chi connectivity index (χ4n) is 2.69. The van der Waals surface area contributed by atoms with E-state index in [0.29, 0.717) is 12.1 Å². The predicted octanol–water partition coefficient (Wildman–Crippen LogP) is 4.99. The molecule has 0 bridgehead atoms. The Balaban J connectivity index is 1.89. The van der Waals surface area contributed by atoms with Gasteiger partial charge in [-0.15, -0.1) is 11.3 Å². The predicted molar refractivity (Wildman–Crippen MR) is 79.5 cm³/mol. The zero-order valence-corrected chi connectivity index (χ0v) is 13.3. The summed E-state index contributed by atoms with van der Waals surface area (Å²) in [4.78, 5) is 1.43. The molecule has 4 unspecified atom stereocenters. The molecule has 0 saturated heterocycles. The van der Waals surface area contributed by atoms with Gasteiger partial charge in [0.1, 0.15) is 0 Å². The van der Waals surface area contributed by atoms with Gasteiger partial charge >= 0.3 is 0 Å². The molecule has 1 fully saturated rings. The number of hydrogen-bond donors (Lipinski definition) is 1. The van der Waals surface area contributed by atoms with E-state index in [1.165, 1.54) is 28.6 Å². The lowest BCUT2D eigenvalue weighted by Crippen LogP contribution is -2.37. The maximum Gasteiger partial charge on any atom is 0.0388 e. The summed E-state index contributed by atoms with van der Waals surface area (Å²) in [6.07, 6.45) is 4.04. The van der Waals surface area contributed by atoms with Crippen LogP contribution in [0.15, 0.2) is 15.9 Å². The maximum atomic E-state index is 3.79. The molecule has 0 amide bonds. The molecule has 1 aliphatic carbocycles. The van der Waals surface area contributed by atoms with Gasteiger partial charge in [0.15, 0.2) is 0 Å². The van der Waals surface area contributed by atoms with E-state index in [2.05, 4.69) is 53.5 Å². The molecule has 1 aromatic heterocycles. The van der Waals surface area contributed by atoms with Crippen LogP contribution in [0, 0.1) is 11.8 Å². The SMILES string of the molecule is CC(NC1CCC(C)C(C)C1)c1cc(Br)cs1. The molecule has 3 heteroatoms. The van der Waals surface area contributed by atoms with Crippen molar-refractivity contribution in [1.82, 2.24) is 5.32 Å². The topological polar surface area (TPSA) is 12.0 Å². The first-order chi connectivity index (χ1) is 8.06. The van der Waals surface area contributed by atoms with Crippen LogP contribution in [0.25, 0.3) is 0 Å². The Kier molecular flexibility index (Phi) is 4.67. The normalized spacial score (nSPS) is 31.4. The Morgan fingerprint density at radius 1 is 1.35 bits per heavy atom. The fraction of sp³-hybridized carbons (Fsp3) is 0.714. The zero-order valence-electron chi connectivity index (χ0n) is 10.9. The molecule has 2 rings (SSSR count). The first kappa shape index (κ1) is 13.6. The zero-order chi connectivity index (χ0) is 12.4. The van der Waals surface area contributed by atoms with Gasteiger partial charge in [-0.3, -0.25) is 0 Å². The molecule has 96 valence electrons. The van der Waals surface area contributed by atoms with Gasteiger partial charge in [-0.25, -0.2) is 0 Å². The molecule has 1 N–H and O–H groups in total. The van der Waals surface area contributed by atoms with Crippen LogP contribution in [0.4, 0.5) is 0 Å². The standard InChI is InChI=1S/C14H22BrNS/c1-9-4-5-13(6-10(9)2)16-11(3)14-7-12(15)8-17-14/h7-11,13,16H,4-6H2,1-3H3. The Morgan fingerprint density at radius 3 is 2.71 bits per heavy atom. The number of nitrogens with one attached hydrogen (secondary N) is 1. The average Bonchev–Trinajstić information content (AvgIpc) is 2.70. The third-order valence-corrected chi connectivity index (χ3v) is 5.97. The summed E-state index contributed by atoms with van der Waals surface area (Å²) in [5.41, 5.74) is 0. The highest BCUT2D eigenvalue weighted by Crippen LogP contribution is 2.32. The van der Waals surface area contributed by atoms with E-state index in [0.717, 1.165) is 11.8 Å². The Bertz CT molecular complexity index is 363. The first-order valence-corrected chi connectivity index (χ1v) is 8.23. The van der Waals surface area contributed by atoms with Crippen molar-refractivity contribution in [3.63, 3.8) is 0 Å². The van der Waals surface area contributed by atoms with Crippen LogP contribution in [-0.4, -0.2) is 6.04 Å². The summed E-state index contributed by atoms with van der Waals surface area (Å²) in [5, 5.41) is 5.95. The number of halogens is 1. The van der Waals surface area contributed by atoms with Crippen LogP contribution in [0.5, 0.6) is 0 Å². The monoisotopic (exact) mass is 315 g/mol. The van der Waals surface area contributed by atoms with Crippen LogP contribution in [-0.2, 0) is 0 Å². The van der Waals surface area contributed by atoms with Crippen molar-refractivity contribution in [2.24, 2.45) is 11.8 Å². The molecule has 1 saturated carbocycles. The molecule has 1 nitrogen and oxygen atoms in total. The Labute approximate surface area is 117 Å². The third-order valence-electron chi connectivity index (χ3n) is 4.10. The van der Waals surface area contributed by atoms with E-state index < -0.39 is 0 Å². The Hall–Kier alpha value is 0.140. The van der Waals surface area contributed by atoms with Gasteiger partial charge in [0.2, 0.25) is 0 Å².